The lowest BCUT2D eigenvalue weighted by Gasteiger charge is -2.33. The van der Waals surface area contributed by atoms with Crippen LogP contribution in [0.3, 0.4) is 0 Å². The maximum atomic E-state index is 6.20. The van der Waals surface area contributed by atoms with Crippen LogP contribution in [0.2, 0.25) is 5.02 Å². The van der Waals surface area contributed by atoms with Gasteiger partial charge in [-0.2, -0.15) is 0 Å². The molecule has 1 N–H and O–H groups in total. The van der Waals surface area contributed by atoms with Crippen LogP contribution in [-0.2, 0) is 11.3 Å². The number of halogens is 1. The highest BCUT2D eigenvalue weighted by Gasteiger charge is 2.24. The molecule has 1 aromatic heterocycles. The van der Waals surface area contributed by atoms with E-state index >= 15 is 0 Å². The van der Waals surface area contributed by atoms with Crippen LogP contribution in [0.5, 0.6) is 0 Å². The molecule has 1 fully saturated rings. The van der Waals surface area contributed by atoms with Crippen molar-refractivity contribution in [1.82, 2.24) is 10.2 Å². The Morgan fingerprint density at radius 3 is 2.68 bits per heavy atom. The number of hydrogen-bond donors (Lipinski definition) is 1. The third-order valence-electron chi connectivity index (χ3n) is 3.97. The lowest BCUT2D eigenvalue weighted by Crippen LogP contribution is -2.42. The van der Waals surface area contributed by atoms with Gasteiger partial charge in [-0.3, -0.25) is 4.90 Å². The second kappa shape index (κ2) is 7.79. The summed E-state index contributed by atoms with van der Waals surface area (Å²) in [6.07, 6.45) is 1.73. The highest BCUT2D eigenvalue weighted by atomic mass is 35.5. The van der Waals surface area contributed by atoms with Gasteiger partial charge in [-0.05, 0) is 23.8 Å². The van der Waals surface area contributed by atoms with Gasteiger partial charge in [-0.15, -0.1) is 0 Å². The number of furan rings is 1. The number of ether oxygens (including phenoxy) is 1. The number of nitrogens with one attached hydrogen (secondary N) is 1. The predicted octanol–water partition coefficient (Wildman–Crippen LogP) is 3.10. The Hall–Kier alpha value is -1.33. The summed E-state index contributed by atoms with van der Waals surface area (Å²) in [6.45, 7) is 4.99. The van der Waals surface area contributed by atoms with E-state index in [2.05, 4.69) is 10.2 Å². The molecule has 1 aliphatic rings. The van der Waals surface area contributed by atoms with Gasteiger partial charge in [0.2, 0.25) is 0 Å². The van der Waals surface area contributed by atoms with Gasteiger partial charge < -0.3 is 14.5 Å². The molecule has 1 unspecified atom stereocenters. The first-order chi connectivity index (χ1) is 10.8. The molecule has 2 heterocycles. The summed E-state index contributed by atoms with van der Waals surface area (Å²) >= 11 is 6.20. The molecule has 118 valence electrons. The number of morpholine rings is 1. The van der Waals surface area contributed by atoms with Gasteiger partial charge >= 0.3 is 0 Å². The monoisotopic (exact) mass is 320 g/mol. The van der Waals surface area contributed by atoms with Gasteiger partial charge in [0.15, 0.2) is 0 Å². The molecular formula is C17H21ClN2O2. The summed E-state index contributed by atoms with van der Waals surface area (Å²) in [5.41, 5.74) is 1.12. The topological polar surface area (TPSA) is 37.6 Å². The molecule has 1 aromatic carbocycles. The van der Waals surface area contributed by atoms with E-state index in [1.54, 1.807) is 6.26 Å². The molecule has 0 amide bonds. The summed E-state index contributed by atoms with van der Waals surface area (Å²) in [6, 6.07) is 12.1. The Morgan fingerprint density at radius 1 is 1.14 bits per heavy atom. The molecular weight excluding hydrogens is 300 g/mol. The highest BCUT2D eigenvalue weighted by Crippen LogP contribution is 2.22. The number of nitrogens with zero attached hydrogens (tertiary/aromatic N) is 1. The van der Waals surface area contributed by atoms with Crippen LogP contribution in [0, 0.1) is 0 Å². The van der Waals surface area contributed by atoms with Crippen molar-refractivity contribution >= 4 is 11.6 Å². The summed E-state index contributed by atoms with van der Waals surface area (Å²) in [7, 11) is 0. The maximum Gasteiger partial charge on any atom is 0.122 e. The average molecular weight is 321 g/mol. The van der Waals surface area contributed by atoms with Gasteiger partial charge in [0.05, 0.1) is 25.5 Å². The molecule has 0 aliphatic carbocycles. The summed E-state index contributed by atoms with van der Waals surface area (Å²) < 4.78 is 11.1. The van der Waals surface area contributed by atoms with Crippen molar-refractivity contribution in [1.29, 1.82) is 0 Å². The van der Waals surface area contributed by atoms with Crippen molar-refractivity contribution in [2.24, 2.45) is 0 Å². The minimum atomic E-state index is 0.224. The van der Waals surface area contributed by atoms with Crippen molar-refractivity contribution < 1.29 is 9.15 Å². The largest absolute Gasteiger partial charge is 0.468 e. The molecule has 1 atom stereocenters. The van der Waals surface area contributed by atoms with Crippen LogP contribution in [0.15, 0.2) is 47.1 Å². The predicted molar refractivity (Wildman–Crippen MR) is 87.0 cm³/mol. The molecule has 0 radical (unpaired) electrons. The highest BCUT2D eigenvalue weighted by molar-refractivity contribution is 6.31. The van der Waals surface area contributed by atoms with Gasteiger partial charge in [0.1, 0.15) is 5.76 Å². The standard InChI is InChI=1S/C17H21ClN2O2/c18-15-5-2-1-4-14(15)12-19-13-16(17-6-3-9-22-17)20-7-10-21-11-8-20/h1-6,9,16,19H,7-8,10-13H2. The Morgan fingerprint density at radius 2 is 1.95 bits per heavy atom. The molecule has 0 spiro atoms. The van der Waals surface area contributed by atoms with E-state index in [4.69, 9.17) is 20.8 Å². The van der Waals surface area contributed by atoms with Gasteiger partial charge in [-0.25, -0.2) is 0 Å². The van der Waals surface area contributed by atoms with Crippen molar-refractivity contribution in [2.75, 3.05) is 32.8 Å². The molecule has 1 saturated heterocycles. The quantitative estimate of drug-likeness (QED) is 0.887. The van der Waals surface area contributed by atoms with E-state index in [9.17, 15) is 0 Å². The van der Waals surface area contributed by atoms with Crippen LogP contribution in [0.25, 0.3) is 0 Å². The Bertz CT molecular complexity index is 568. The average Bonchev–Trinajstić information content (AvgIpc) is 3.08. The van der Waals surface area contributed by atoms with E-state index in [1.165, 1.54) is 0 Å². The minimum Gasteiger partial charge on any atom is -0.468 e. The normalized spacial score (nSPS) is 17.5. The third-order valence-corrected chi connectivity index (χ3v) is 4.34. The zero-order valence-electron chi connectivity index (χ0n) is 12.5. The van der Waals surface area contributed by atoms with Crippen molar-refractivity contribution in [3.05, 3.63) is 59.0 Å². The Labute approximate surface area is 136 Å². The van der Waals surface area contributed by atoms with Gasteiger partial charge in [0, 0.05) is 31.2 Å². The molecule has 5 heteroatoms. The van der Waals surface area contributed by atoms with Crippen LogP contribution in [0.1, 0.15) is 17.4 Å². The maximum absolute atomic E-state index is 6.20. The van der Waals surface area contributed by atoms with E-state index < -0.39 is 0 Å². The summed E-state index contributed by atoms with van der Waals surface area (Å²) in [5.74, 6) is 0.994. The first kappa shape index (κ1) is 15.6. The number of benzene rings is 1. The summed E-state index contributed by atoms with van der Waals surface area (Å²) in [5, 5.41) is 4.30. The Kier molecular flexibility index (Phi) is 5.51. The van der Waals surface area contributed by atoms with E-state index in [1.807, 2.05) is 36.4 Å². The Balaban J connectivity index is 1.62. The molecule has 0 saturated carbocycles. The molecule has 3 rings (SSSR count). The molecule has 0 bridgehead atoms. The third kappa shape index (κ3) is 3.90. The van der Waals surface area contributed by atoms with Crippen LogP contribution >= 0.6 is 11.6 Å². The van der Waals surface area contributed by atoms with Gasteiger partial charge in [-0.1, -0.05) is 29.8 Å². The first-order valence-electron chi connectivity index (χ1n) is 7.64. The zero-order chi connectivity index (χ0) is 15.2. The molecule has 2 aromatic rings. The van der Waals surface area contributed by atoms with Gasteiger partial charge in [0.25, 0.3) is 0 Å². The fourth-order valence-electron chi connectivity index (χ4n) is 2.76. The number of hydrogen-bond acceptors (Lipinski definition) is 4. The minimum absolute atomic E-state index is 0.224. The summed E-state index contributed by atoms with van der Waals surface area (Å²) in [4.78, 5) is 2.40. The second-order valence-corrected chi connectivity index (χ2v) is 5.81. The molecule has 4 nitrogen and oxygen atoms in total. The van der Waals surface area contributed by atoms with Crippen molar-refractivity contribution in [3.63, 3.8) is 0 Å². The fourth-order valence-corrected chi connectivity index (χ4v) is 2.97. The first-order valence-corrected chi connectivity index (χ1v) is 8.02. The SMILES string of the molecule is Clc1ccccc1CNCC(c1ccco1)N1CCOCC1. The lowest BCUT2D eigenvalue weighted by atomic mass is 10.1. The van der Waals surface area contributed by atoms with Crippen LogP contribution in [-0.4, -0.2) is 37.7 Å². The van der Waals surface area contributed by atoms with Crippen molar-refractivity contribution in [2.45, 2.75) is 12.6 Å². The number of rotatable bonds is 6. The zero-order valence-corrected chi connectivity index (χ0v) is 13.3. The van der Waals surface area contributed by atoms with E-state index in [0.29, 0.717) is 0 Å². The van der Waals surface area contributed by atoms with Crippen LogP contribution < -0.4 is 5.32 Å². The molecule has 1 aliphatic heterocycles. The lowest BCUT2D eigenvalue weighted by molar-refractivity contribution is 0.0116. The second-order valence-electron chi connectivity index (χ2n) is 5.40. The molecule has 22 heavy (non-hydrogen) atoms. The van der Waals surface area contributed by atoms with E-state index in [-0.39, 0.29) is 6.04 Å². The van der Waals surface area contributed by atoms with Crippen molar-refractivity contribution in [3.8, 4) is 0 Å². The fraction of sp³-hybridized carbons (Fsp3) is 0.412. The smallest absolute Gasteiger partial charge is 0.122 e. The van der Waals surface area contributed by atoms with E-state index in [0.717, 1.165) is 55.7 Å². The van der Waals surface area contributed by atoms with Crippen LogP contribution in [0.4, 0.5) is 0 Å².